The van der Waals surface area contributed by atoms with E-state index in [-0.39, 0.29) is 11.6 Å². The minimum Gasteiger partial charge on any atom is -0.377 e. The second kappa shape index (κ2) is 9.73. The fourth-order valence-corrected chi connectivity index (χ4v) is 3.69. The molecule has 2 aromatic heterocycles. The predicted octanol–water partition coefficient (Wildman–Crippen LogP) is 3.04. The summed E-state index contributed by atoms with van der Waals surface area (Å²) in [4.78, 5) is 23.7. The summed E-state index contributed by atoms with van der Waals surface area (Å²) in [6, 6.07) is 3.84. The lowest BCUT2D eigenvalue weighted by Gasteiger charge is -2.24. The van der Waals surface area contributed by atoms with Crippen molar-refractivity contribution in [1.82, 2.24) is 19.9 Å². The fraction of sp³-hybridized carbons (Fsp3) is 0.526. The van der Waals surface area contributed by atoms with Crippen LogP contribution in [0.2, 0.25) is 0 Å². The first-order chi connectivity index (χ1) is 12.6. The zero-order valence-electron chi connectivity index (χ0n) is 16.3. The van der Waals surface area contributed by atoms with Gasteiger partial charge in [-0.25, -0.2) is 9.97 Å². The maximum absolute atomic E-state index is 12.7. The average molecular weight is 376 g/mol. The molecule has 0 aliphatic carbocycles. The van der Waals surface area contributed by atoms with Crippen molar-refractivity contribution >= 4 is 17.4 Å². The predicted molar refractivity (Wildman–Crippen MR) is 110 cm³/mol. The molecule has 26 heavy (non-hydrogen) atoms. The van der Waals surface area contributed by atoms with Gasteiger partial charge in [-0.05, 0) is 38.3 Å². The van der Waals surface area contributed by atoms with Crippen LogP contribution in [0.4, 0.5) is 5.69 Å². The second-order valence-corrected chi connectivity index (χ2v) is 6.90. The number of nitrogens with zero attached hydrogens (tertiary/aromatic N) is 4. The summed E-state index contributed by atoms with van der Waals surface area (Å²) >= 11 is 1.57. The van der Waals surface area contributed by atoms with Crippen molar-refractivity contribution in [3.63, 3.8) is 0 Å². The van der Waals surface area contributed by atoms with Crippen LogP contribution >= 0.6 is 11.8 Å². The van der Waals surface area contributed by atoms with Crippen LogP contribution in [-0.2, 0) is 0 Å². The number of thioether (sulfide) groups is 1. The quantitative estimate of drug-likeness (QED) is 0.829. The number of hydrogen-bond donors (Lipinski definition) is 1. The van der Waals surface area contributed by atoms with Crippen LogP contribution < -0.4 is 15.8 Å². The molecule has 2 aromatic rings. The lowest BCUT2D eigenvalue weighted by molar-refractivity contribution is 0.358. The standard InChI is InChI=1S/C17H23N5OS.C2H6/c1-21(2)14-6-9-19-17(24-3)16(14)13-10-15(23)22(11-20-13)12-4-7-18-8-5-12;1-2/h6,9-12,18H,4-5,7-8H2,1-3H3;1-2H3. The van der Waals surface area contributed by atoms with Crippen molar-refractivity contribution in [2.75, 3.05) is 38.3 Å². The first kappa shape index (κ1) is 20.5. The third-order valence-electron chi connectivity index (χ3n) is 4.36. The van der Waals surface area contributed by atoms with Crippen LogP contribution in [0.5, 0.6) is 0 Å². The molecule has 0 saturated carbocycles. The molecular formula is C19H29N5OS. The molecule has 6 nitrogen and oxygen atoms in total. The Hall–Kier alpha value is -1.86. The van der Waals surface area contributed by atoms with E-state index in [0.29, 0.717) is 5.69 Å². The van der Waals surface area contributed by atoms with Crippen LogP contribution in [0.1, 0.15) is 32.7 Å². The molecule has 0 amide bonds. The van der Waals surface area contributed by atoms with Gasteiger partial charge in [-0.2, -0.15) is 0 Å². The van der Waals surface area contributed by atoms with Gasteiger partial charge in [-0.15, -0.1) is 11.8 Å². The van der Waals surface area contributed by atoms with E-state index in [9.17, 15) is 4.79 Å². The van der Waals surface area contributed by atoms with E-state index in [1.165, 1.54) is 0 Å². The Kier molecular flexibility index (Phi) is 7.66. The summed E-state index contributed by atoms with van der Waals surface area (Å²) < 4.78 is 1.77. The summed E-state index contributed by atoms with van der Waals surface area (Å²) in [5.41, 5.74) is 2.63. The van der Waals surface area contributed by atoms with E-state index in [1.807, 2.05) is 45.2 Å². The highest BCUT2D eigenvalue weighted by molar-refractivity contribution is 7.98. The zero-order valence-corrected chi connectivity index (χ0v) is 17.1. The monoisotopic (exact) mass is 375 g/mol. The van der Waals surface area contributed by atoms with Crippen LogP contribution in [-0.4, -0.2) is 48.0 Å². The highest BCUT2D eigenvalue weighted by atomic mass is 32.2. The van der Waals surface area contributed by atoms with Crippen molar-refractivity contribution in [2.45, 2.75) is 37.8 Å². The summed E-state index contributed by atoms with van der Waals surface area (Å²) in [6.45, 7) is 5.89. The molecule has 3 rings (SSSR count). The van der Waals surface area contributed by atoms with Crippen molar-refractivity contribution in [1.29, 1.82) is 0 Å². The Morgan fingerprint density at radius 3 is 2.50 bits per heavy atom. The lowest BCUT2D eigenvalue weighted by atomic mass is 10.1. The molecule has 1 saturated heterocycles. The topological polar surface area (TPSA) is 63.1 Å². The number of pyridine rings is 1. The molecule has 7 heteroatoms. The van der Waals surface area contributed by atoms with E-state index in [4.69, 9.17) is 0 Å². The highest BCUT2D eigenvalue weighted by Crippen LogP contribution is 2.34. The molecule has 3 heterocycles. The van der Waals surface area contributed by atoms with Crippen LogP contribution in [0, 0.1) is 0 Å². The highest BCUT2D eigenvalue weighted by Gasteiger charge is 2.19. The van der Waals surface area contributed by atoms with Crippen molar-refractivity contribution in [2.24, 2.45) is 0 Å². The van der Waals surface area contributed by atoms with Crippen molar-refractivity contribution in [3.8, 4) is 11.3 Å². The third kappa shape index (κ3) is 4.45. The zero-order chi connectivity index (χ0) is 19.1. The van der Waals surface area contributed by atoms with Crippen molar-refractivity contribution in [3.05, 3.63) is 35.0 Å². The number of piperidine rings is 1. The first-order valence-electron chi connectivity index (χ1n) is 9.11. The molecule has 0 spiro atoms. The number of aromatic nitrogens is 3. The van der Waals surface area contributed by atoms with Gasteiger partial charge in [0, 0.05) is 38.1 Å². The van der Waals surface area contributed by atoms with Crippen LogP contribution in [0.3, 0.4) is 0 Å². The van der Waals surface area contributed by atoms with Gasteiger partial charge in [-0.3, -0.25) is 9.36 Å². The van der Waals surface area contributed by atoms with E-state index >= 15 is 0 Å². The smallest absolute Gasteiger partial charge is 0.254 e. The molecule has 0 radical (unpaired) electrons. The number of hydrogen-bond acceptors (Lipinski definition) is 6. The normalized spacial score (nSPS) is 14.5. The second-order valence-electron chi connectivity index (χ2n) is 6.11. The van der Waals surface area contributed by atoms with Gasteiger partial charge in [0.05, 0.1) is 17.6 Å². The van der Waals surface area contributed by atoms with Gasteiger partial charge in [-0.1, -0.05) is 13.8 Å². The Bertz CT molecular complexity index is 769. The lowest BCUT2D eigenvalue weighted by Crippen LogP contribution is -2.34. The Balaban J connectivity index is 0.00000117. The number of nitrogens with one attached hydrogen (secondary N) is 1. The summed E-state index contributed by atoms with van der Waals surface area (Å²) in [6.07, 6.45) is 7.41. The van der Waals surface area contributed by atoms with E-state index in [2.05, 4.69) is 15.3 Å². The summed E-state index contributed by atoms with van der Waals surface area (Å²) in [5, 5.41) is 4.21. The van der Waals surface area contributed by atoms with Gasteiger partial charge in [0.2, 0.25) is 0 Å². The minimum atomic E-state index is 0.00696. The largest absolute Gasteiger partial charge is 0.377 e. The van der Waals surface area contributed by atoms with Crippen molar-refractivity contribution < 1.29 is 0 Å². The summed E-state index contributed by atoms with van der Waals surface area (Å²) in [5.74, 6) is 0. The molecule has 1 fully saturated rings. The maximum atomic E-state index is 12.7. The molecule has 0 atom stereocenters. The molecular weight excluding hydrogens is 346 g/mol. The SMILES string of the molecule is CC.CSc1nccc(N(C)C)c1-c1cc(=O)n(C2CCNCC2)cn1. The van der Waals surface area contributed by atoms with Gasteiger partial charge >= 0.3 is 0 Å². The molecule has 0 bridgehead atoms. The van der Waals surface area contributed by atoms with E-state index in [1.54, 1.807) is 34.9 Å². The fourth-order valence-electron chi connectivity index (χ4n) is 3.11. The maximum Gasteiger partial charge on any atom is 0.254 e. The molecule has 1 aliphatic heterocycles. The molecule has 1 N–H and O–H groups in total. The molecule has 1 aliphatic rings. The van der Waals surface area contributed by atoms with Gasteiger partial charge in [0.15, 0.2) is 0 Å². The Morgan fingerprint density at radius 2 is 1.92 bits per heavy atom. The number of anilines is 1. The third-order valence-corrected chi connectivity index (χ3v) is 5.06. The molecule has 142 valence electrons. The average Bonchev–Trinajstić information content (AvgIpc) is 2.69. The first-order valence-corrected chi connectivity index (χ1v) is 10.3. The van der Waals surface area contributed by atoms with E-state index in [0.717, 1.165) is 42.2 Å². The molecule has 0 aromatic carbocycles. The molecule has 0 unspecified atom stereocenters. The van der Waals surface area contributed by atoms with Crippen LogP contribution in [0.15, 0.2) is 34.5 Å². The number of rotatable bonds is 4. The van der Waals surface area contributed by atoms with Gasteiger partial charge < -0.3 is 10.2 Å². The van der Waals surface area contributed by atoms with E-state index < -0.39 is 0 Å². The van der Waals surface area contributed by atoms with Crippen LogP contribution in [0.25, 0.3) is 11.3 Å². The Morgan fingerprint density at radius 1 is 1.23 bits per heavy atom. The minimum absolute atomic E-state index is 0.00696. The Labute approximate surface area is 160 Å². The van der Waals surface area contributed by atoms with Gasteiger partial charge in [0.25, 0.3) is 5.56 Å². The van der Waals surface area contributed by atoms with Gasteiger partial charge in [0.1, 0.15) is 5.03 Å². The summed E-state index contributed by atoms with van der Waals surface area (Å²) in [7, 11) is 3.97.